The number of halogens is 1. The molecular weight excluding hydrogens is 339 g/mol. The number of nitrogens with one attached hydrogen (secondary N) is 2. The lowest BCUT2D eigenvalue weighted by Gasteiger charge is -2.23. The van der Waals surface area contributed by atoms with Crippen LogP contribution in [0, 0.1) is 12.7 Å². The first-order valence-corrected chi connectivity index (χ1v) is 9.61. The zero-order chi connectivity index (χ0) is 17.8. The number of nitrogens with zero attached hydrogens (tertiary/aromatic N) is 2. The molecule has 1 aliphatic heterocycles. The van der Waals surface area contributed by atoms with E-state index in [0.717, 1.165) is 35.0 Å². The standard InChI is InChI=1S/C18H23FN4OS/c1-12(22-18(24)9-15-11-25-8-7-20-15)17-10-21-23(13(17)2)16-5-3-14(19)4-6-16/h3-6,10,12,15,20H,7-9,11H2,1-2H3,(H,22,24). The van der Waals surface area contributed by atoms with Crippen LogP contribution in [0.4, 0.5) is 4.39 Å². The summed E-state index contributed by atoms with van der Waals surface area (Å²) >= 11 is 1.88. The van der Waals surface area contributed by atoms with Crippen molar-refractivity contribution in [1.29, 1.82) is 0 Å². The van der Waals surface area contributed by atoms with Gasteiger partial charge in [-0.05, 0) is 38.1 Å². The van der Waals surface area contributed by atoms with Gasteiger partial charge >= 0.3 is 0 Å². The molecule has 2 unspecified atom stereocenters. The molecule has 0 spiro atoms. The maximum atomic E-state index is 13.1. The Kier molecular flexibility index (Phi) is 5.75. The minimum atomic E-state index is -0.274. The molecule has 25 heavy (non-hydrogen) atoms. The van der Waals surface area contributed by atoms with Crippen LogP contribution in [0.3, 0.4) is 0 Å². The topological polar surface area (TPSA) is 59.0 Å². The molecule has 1 amide bonds. The number of carbonyl (C=O) groups is 1. The number of amides is 1. The third kappa shape index (κ3) is 4.41. The van der Waals surface area contributed by atoms with E-state index in [1.807, 2.05) is 25.6 Å². The first-order valence-electron chi connectivity index (χ1n) is 8.45. The zero-order valence-electron chi connectivity index (χ0n) is 14.5. The van der Waals surface area contributed by atoms with Crippen molar-refractivity contribution < 1.29 is 9.18 Å². The van der Waals surface area contributed by atoms with E-state index in [2.05, 4.69) is 15.7 Å². The van der Waals surface area contributed by atoms with Gasteiger partial charge in [-0.3, -0.25) is 4.79 Å². The van der Waals surface area contributed by atoms with Gasteiger partial charge in [0.2, 0.25) is 5.91 Å². The van der Waals surface area contributed by atoms with Crippen molar-refractivity contribution in [3.63, 3.8) is 0 Å². The van der Waals surface area contributed by atoms with Gasteiger partial charge < -0.3 is 10.6 Å². The quantitative estimate of drug-likeness (QED) is 0.858. The van der Waals surface area contributed by atoms with Crippen molar-refractivity contribution in [2.45, 2.75) is 32.4 Å². The summed E-state index contributed by atoms with van der Waals surface area (Å²) in [6, 6.07) is 6.32. The summed E-state index contributed by atoms with van der Waals surface area (Å²) < 4.78 is 14.8. The number of carbonyl (C=O) groups excluding carboxylic acids is 1. The van der Waals surface area contributed by atoms with Gasteiger partial charge in [0.15, 0.2) is 0 Å². The van der Waals surface area contributed by atoms with E-state index in [1.165, 1.54) is 12.1 Å². The van der Waals surface area contributed by atoms with E-state index in [4.69, 9.17) is 0 Å². The molecule has 2 N–H and O–H groups in total. The van der Waals surface area contributed by atoms with Gasteiger partial charge in [-0.2, -0.15) is 16.9 Å². The van der Waals surface area contributed by atoms with Crippen molar-refractivity contribution >= 4 is 17.7 Å². The highest BCUT2D eigenvalue weighted by Gasteiger charge is 2.20. The molecule has 0 bridgehead atoms. The van der Waals surface area contributed by atoms with Crippen LogP contribution in [0.5, 0.6) is 0 Å². The third-order valence-corrected chi connectivity index (χ3v) is 5.52. The van der Waals surface area contributed by atoms with Gasteiger partial charge in [-0.1, -0.05) is 0 Å². The Balaban J connectivity index is 1.65. The zero-order valence-corrected chi connectivity index (χ0v) is 15.3. The van der Waals surface area contributed by atoms with Crippen LogP contribution >= 0.6 is 11.8 Å². The van der Waals surface area contributed by atoms with Gasteiger partial charge in [-0.25, -0.2) is 9.07 Å². The first-order chi connectivity index (χ1) is 12.0. The van der Waals surface area contributed by atoms with E-state index in [0.29, 0.717) is 6.42 Å². The molecule has 2 heterocycles. The largest absolute Gasteiger partial charge is 0.349 e. The summed E-state index contributed by atoms with van der Waals surface area (Å²) in [4.78, 5) is 12.3. The fraction of sp³-hybridized carbons (Fsp3) is 0.444. The molecule has 134 valence electrons. The van der Waals surface area contributed by atoms with Crippen molar-refractivity contribution in [2.75, 3.05) is 18.1 Å². The van der Waals surface area contributed by atoms with Crippen LogP contribution < -0.4 is 10.6 Å². The van der Waals surface area contributed by atoms with Crippen molar-refractivity contribution in [1.82, 2.24) is 20.4 Å². The Labute approximate surface area is 151 Å². The molecule has 2 aromatic rings. The Morgan fingerprint density at radius 1 is 1.48 bits per heavy atom. The van der Waals surface area contributed by atoms with Gasteiger partial charge in [0.05, 0.1) is 17.9 Å². The SMILES string of the molecule is Cc1c(C(C)NC(=O)CC2CSCCN2)cnn1-c1ccc(F)cc1. The second-order valence-electron chi connectivity index (χ2n) is 6.29. The maximum Gasteiger partial charge on any atom is 0.222 e. The number of hydrogen-bond acceptors (Lipinski definition) is 4. The lowest BCUT2D eigenvalue weighted by atomic mass is 10.1. The Morgan fingerprint density at radius 3 is 2.92 bits per heavy atom. The highest BCUT2D eigenvalue weighted by atomic mass is 32.2. The average molecular weight is 362 g/mol. The van der Waals surface area contributed by atoms with E-state index in [1.54, 1.807) is 23.0 Å². The molecule has 1 aliphatic rings. The summed E-state index contributed by atoms with van der Waals surface area (Å²) in [5.74, 6) is 1.85. The van der Waals surface area contributed by atoms with E-state index in [-0.39, 0.29) is 23.8 Å². The molecule has 1 aromatic carbocycles. The number of hydrogen-bond donors (Lipinski definition) is 2. The first kappa shape index (κ1) is 17.9. The van der Waals surface area contributed by atoms with E-state index in [9.17, 15) is 9.18 Å². The third-order valence-electron chi connectivity index (χ3n) is 4.39. The van der Waals surface area contributed by atoms with E-state index >= 15 is 0 Å². The molecule has 5 nitrogen and oxygen atoms in total. The van der Waals surface area contributed by atoms with Crippen LogP contribution in [0.15, 0.2) is 30.5 Å². The highest BCUT2D eigenvalue weighted by Crippen LogP contribution is 2.21. The minimum absolute atomic E-state index is 0.0430. The minimum Gasteiger partial charge on any atom is -0.349 e. The highest BCUT2D eigenvalue weighted by molar-refractivity contribution is 7.99. The van der Waals surface area contributed by atoms with Crippen molar-refractivity contribution in [3.8, 4) is 5.69 Å². The predicted molar refractivity (Wildman–Crippen MR) is 98.5 cm³/mol. The molecule has 0 aliphatic carbocycles. The average Bonchev–Trinajstić information content (AvgIpc) is 2.98. The molecule has 1 aromatic heterocycles. The van der Waals surface area contributed by atoms with Crippen molar-refractivity contribution in [2.24, 2.45) is 0 Å². The predicted octanol–water partition coefficient (Wildman–Crippen LogP) is 2.59. The van der Waals surface area contributed by atoms with Crippen LogP contribution in [0.25, 0.3) is 5.69 Å². The summed E-state index contributed by atoms with van der Waals surface area (Å²) in [6.07, 6.45) is 2.25. The van der Waals surface area contributed by atoms with Crippen LogP contribution in [0.1, 0.15) is 30.6 Å². The monoisotopic (exact) mass is 362 g/mol. The van der Waals surface area contributed by atoms with Gasteiger partial charge in [0.1, 0.15) is 5.82 Å². The summed E-state index contributed by atoms with van der Waals surface area (Å²) in [5.41, 5.74) is 2.70. The number of benzene rings is 1. The number of thioether (sulfide) groups is 1. The summed E-state index contributed by atoms with van der Waals surface area (Å²) in [7, 11) is 0. The molecular formula is C18H23FN4OS. The van der Waals surface area contributed by atoms with Crippen LogP contribution in [-0.4, -0.2) is 39.8 Å². The van der Waals surface area contributed by atoms with Crippen LogP contribution in [-0.2, 0) is 4.79 Å². The molecule has 3 rings (SSSR count). The summed E-state index contributed by atoms with van der Waals surface area (Å²) in [6.45, 7) is 4.87. The molecule has 2 atom stereocenters. The molecule has 1 fully saturated rings. The lowest BCUT2D eigenvalue weighted by Crippen LogP contribution is -2.41. The second-order valence-corrected chi connectivity index (χ2v) is 7.44. The summed E-state index contributed by atoms with van der Waals surface area (Å²) in [5, 5.41) is 10.8. The Morgan fingerprint density at radius 2 is 2.24 bits per heavy atom. The van der Waals surface area contributed by atoms with E-state index < -0.39 is 0 Å². The van der Waals surface area contributed by atoms with Gasteiger partial charge in [-0.15, -0.1) is 0 Å². The van der Waals surface area contributed by atoms with Crippen LogP contribution in [0.2, 0.25) is 0 Å². The number of aromatic nitrogens is 2. The fourth-order valence-corrected chi connectivity index (χ4v) is 3.99. The lowest BCUT2D eigenvalue weighted by molar-refractivity contribution is -0.122. The molecule has 0 saturated carbocycles. The van der Waals surface area contributed by atoms with Gasteiger partial charge in [0, 0.05) is 41.8 Å². The van der Waals surface area contributed by atoms with Crippen molar-refractivity contribution in [3.05, 3.63) is 47.5 Å². The smallest absolute Gasteiger partial charge is 0.222 e. The molecule has 7 heteroatoms. The maximum absolute atomic E-state index is 13.1. The number of rotatable bonds is 5. The molecule has 1 saturated heterocycles. The van der Waals surface area contributed by atoms with Gasteiger partial charge in [0.25, 0.3) is 0 Å². The fourth-order valence-electron chi connectivity index (χ4n) is 3.04. The molecule has 0 radical (unpaired) electrons. The Bertz CT molecular complexity index is 725. The second kappa shape index (κ2) is 8.01. The normalized spacial score (nSPS) is 18.8. The Hall–Kier alpha value is -1.86.